The molecule has 0 heterocycles. The van der Waals surface area contributed by atoms with Gasteiger partial charge in [0.15, 0.2) is 5.96 Å². The van der Waals surface area contributed by atoms with Crippen LogP contribution in [-0.4, -0.2) is 45.4 Å². The Labute approximate surface area is 174 Å². The summed E-state index contributed by atoms with van der Waals surface area (Å²) in [5, 5.41) is 6.75. The zero-order chi connectivity index (χ0) is 18.3. The third-order valence-electron chi connectivity index (χ3n) is 4.43. The lowest BCUT2D eigenvalue weighted by Gasteiger charge is -2.25. The van der Waals surface area contributed by atoms with Crippen LogP contribution in [0.4, 0.5) is 0 Å². The lowest BCUT2D eigenvalue weighted by Crippen LogP contribution is -2.44. The fourth-order valence-corrected chi connectivity index (χ4v) is 4.12. The highest BCUT2D eigenvalue weighted by Crippen LogP contribution is 2.20. The van der Waals surface area contributed by atoms with E-state index < -0.39 is 10.0 Å². The Kier molecular flexibility index (Phi) is 9.88. The molecule has 8 heteroatoms. The summed E-state index contributed by atoms with van der Waals surface area (Å²) in [6, 6.07) is 7.51. The van der Waals surface area contributed by atoms with Crippen molar-refractivity contribution in [3.8, 4) is 0 Å². The summed E-state index contributed by atoms with van der Waals surface area (Å²) in [6.45, 7) is 3.13. The Morgan fingerprint density at radius 1 is 1.19 bits per heavy atom. The van der Waals surface area contributed by atoms with E-state index in [0.717, 1.165) is 25.3 Å². The lowest BCUT2D eigenvalue weighted by atomic mass is 9.96. The van der Waals surface area contributed by atoms with Crippen LogP contribution >= 0.6 is 24.0 Å². The summed E-state index contributed by atoms with van der Waals surface area (Å²) >= 11 is 0. The first-order valence-electron chi connectivity index (χ1n) is 9.00. The van der Waals surface area contributed by atoms with E-state index in [0.29, 0.717) is 23.0 Å². The number of halogens is 1. The Morgan fingerprint density at radius 2 is 1.85 bits per heavy atom. The van der Waals surface area contributed by atoms with Crippen LogP contribution in [0.1, 0.15) is 44.6 Å². The normalized spacial score (nSPS) is 16.2. The molecule has 1 aromatic carbocycles. The van der Waals surface area contributed by atoms with Crippen molar-refractivity contribution in [3.05, 3.63) is 29.8 Å². The number of hydrogen-bond donors (Lipinski definition) is 2. The number of aliphatic imine (C=N–C) groups is 1. The first kappa shape index (κ1) is 23.2. The molecule has 2 N–H and O–H groups in total. The fourth-order valence-electron chi connectivity index (χ4n) is 3.01. The number of hydrogen-bond acceptors (Lipinski definition) is 3. The Bertz CT molecular complexity index is 686. The zero-order valence-corrected chi connectivity index (χ0v) is 19.0. The van der Waals surface area contributed by atoms with E-state index in [1.54, 1.807) is 26.2 Å². The predicted molar refractivity (Wildman–Crippen MR) is 118 cm³/mol. The van der Waals surface area contributed by atoms with Gasteiger partial charge in [-0.15, -0.1) is 24.0 Å². The fraction of sp³-hybridized carbons (Fsp3) is 0.611. The number of rotatable bonds is 6. The highest BCUT2D eigenvalue weighted by atomic mass is 127. The van der Waals surface area contributed by atoms with E-state index in [2.05, 4.69) is 15.6 Å². The smallest absolute Gasteiger partial charge is 0.242 e. The first-order valence-corrected chi connectivity index (χ1v) is 10.4. The maximum Gasteiger partial charge on any atom is 0.242 e. The topological polar surface area (TPSA) is 73.8 Å². The quantitative estimate of drug-likeness (QED) is 0.363. The summed E-state index contributed by atoms with van der Waals surface area (Å²) in [7, 11) is -0.380. The van der Waals surface area contributed by atoms with Crippen LogP contribution in [0.3, 0.4) is 0 Å². The van der Waals surface area contributed by atoms with Crippen LogP contribution in [0.25, 0.3) is 0 Å². The third kappa shape index (κ3) is 6.38. The molecular weight excluding hydrogens is 463 g/mol. The standard InChI is InChI=1S/C18H30N4O2S.HI/c1-4-19-18(21-16-11-6-5-7-12-16)20-14-15-10-8-9-13-17(15)25(23,24)22(2)3;/h8-10,13,16H,4-7,11-12,14H2,1-3H3,(H2,19,20,21);1H. The number of nitrogens with one attached hydrogen (secondary N) is 2. The molecule has 1 fully saturated rings. The van der Waals surface area contributed by atoms with Crippen LogP contribution in [-0.2, 0) is 16.6 Å². The van der Waals surface area contributed by atoms with E-state index in [4.69, 9.17) is 0 Å². The van der Waals surface area contributed by atoms with Gasteiger partial charge in [0.05, 0.1) is 11.4 Å². The van der Waals surface area contributed by atoms with Gasteiger partial charge in [-0.3, -0.25) is 0 Å². The average Bonchev–Trinajstić information content (AvgIpc) is 2.61. The highest BCUT2D eigenvalue weighted by Gasteiger charge is 2.20. The molecule has 1 aliphatic carbocycles. The molecule has 1 aliphatic rings. The van der Waals surface area contributed by atoms with Crippen molar-refractivity contribution in [2.45, 2.75) is 56.5 Å². The molecule has 0 atom stereocenters. The summed E-state index contributed by atoms with van der Waals surface area (Å²) in [5.74, 6) is 0.756. The van der Waals surface area contributed by atoms with Gasteiger partial charge in [0, 0.05) is 26.7 Å². The van der Waals surface area contributed by atoms with Gasteiger partial charge in [0.2, 0.25) is 10.0 Å². The van der Waals surface area contributed by atoms with Crippen molar-refractivity contribution in [1.82, 2.24) is 14.9 Å². The second-order valence-corrected chi connectivity index (χ2v) is 8.69. The van der Waals surface area contributed by atoms with E-state index >= 15 is 0 Å². The van der Waals surface area contributed by atoms with Gasteiger partial charge in [-0.1, -0.05) is 37.5 Å². The van der Waals surface area contributed by atoms with Crippen molar-refractivity contribution >= 4 is 40.0 Å². The maximum atomic E-state index is 12.5. The van der Waals surface area contributed by atoms with Gasteiger partial charge in [-0.2, -0.15) is 0 Å². The molecule has 0 saturated heterocycles. The van der Waals surface area contributed by atoms with Gasteiger partial charge in [-0.05, 0) is 31.4 Å². The molecule has 0 aliphatic heterocycles. The molecule has 1 aromatic rings. The van der Waals surface area contributed by atoms with Crippen molar-refractivity contribution in [2.24, 2.45) is 4.99 Å². The Hall–Kier alpha value is -0.870. The van der Waals surface area contributed by atoms with Crippen LogP contribution < -0.4 is 10.6 Å². The van der Waals surface area contributed by atoms with Crippen LogP contribution in [0.15, 0.2) is 34.2 Å². The molecule has 2 rings (SSSR count). The summed E-state index contributed by atoms with van der Waals surface area (Å²) in [5.41, 5.74) is 0.706. The van der Waals surface area contributed by atoms with Gasteiger partial charge in [0.1, 0.15) is 0 Å². The molecule has 0 aromatic heterocycles. The maximum absolute atomic E-state index is 12.5. The van der Waals surface area contributed by atoms with Gasteiger partial charge in [0.25, 0.3) is 0 Å². The summed E-state index contributed by atoms with van der Waals surface area (Å²) in [6.07, 6.45) is 6.13. The second kappa shape index (κ2) is 11.1. The number of sulfonamides is 1. The van der Waals surface area contributed by atoms with Crippen molar-refractivity contribution in [3.63, 3.8) is 0 Å². The highest BCUT2D eigenvalue weighted by molar-refractivity contribution is 14.0. The number of benzene rings is 1. The van der Waals surface area contributed by atoms with Gasteiger partial charge in [-0.25, -0.2) is 17.7 Å². The van der Waals surface area contributed by atoms with Crippen LogP contribution in [0, 0.1) is 0 Å². The van der Waals surface area contributed by atoms with Crippen LogP contribution in [0.2, 0.25) is 0 Å². The van der Waals surface area contributed by atoms with Crippen molar-refractivity contribution < 1.29 is 8.42 Å². The molecule has 0 spiro atoms. The minimum absolute atomic E-state index is 0. The zero-order valence-electron chi connectivity index (χ0n) is 15.9. The van der Waals surface area contributed by atoms with E-state index in [1.807, 2.05) is 19.1 Å². The molecule has 0 amide bonds. The van der Waals surface area contributed by atoms with Gasteiger partial charge >= 0.3 is 0 Å². The SMILES string of the molecule is CCNC(=NCc1ccccc1S(=O)(=O)N(C)C)NC1CCCCC1.I. The average molecular weight is 494 g/mol. The van der Waals surface area contributed by atoms with E-state index in [9.17, 15) is 8.42 Å². The van der Waals surface area contributed by atoms with Gasteiger partial charge < -0.3 is 10.6 Å². The summed E-state index contributed by atoms with van der Waals surface area (Å²) < 4.78 is 26.2. The second-order valence-electron chi connectivity index (χ2n) is 6.57. The molecular formula is C18H31IN4O2S. The monoisotopic (exact) mass is 494 g/mol. The predicted octanol–water partition coefficient (Wildman–Crippen LogP) is 2.94. The number of nitrogens with zero attached hydrogens (tertiary/aromatic N) is 2. The summed E-state index contributed by atoms with van der Waals surface area (Å²) in [4.78, 5) is 4.94. The molecule has 26 heavy (non-hydrogen) atoms. The molecule has 0 unspecified atom stereocenters. The Morgan fingerprint density at radius 3 is 2.46 bits per heavy atom. The van der Waals surface area contributed by atoms with E-state index in [1.165, 1.54) is 23.6 Å². The third-order valence-corrected chi connectivity index (χ3v) is 6.34. The first-order chi connectivity index (χ1) is 11.9. The van der Waals surface area contributed by atoms with E-state index in [-0.39, 0.29) is 24.0 Å². The van der Waals surface area contributed by atoms with Crippen molar-refractivity contribution in [1.29, 1.82) is 0 Å². The minimum Gasteiger partial charge on any atom is -0.357 e. The van der Waals surface area contributed by atoms with Crippen molar-refractivity contribution in [2.75, 3.05) is 20.6 Å². The number of guanidine groups is 1. The minimum atomic E-state index is -3.47. The molecule has 0 bridgehead atoms. The molecule has 0 radical (unpaired) electrons. The lowest BCUT2D eigenvalue weighted by molar-refractivity contribution is 0.410. The molecule has 6 nitrogen and oxygen atoms in total. The van der Waals surface area contributed by atoms with Crippen LogP contribution in [0.5, 0.6) is 0 Å². The largest absolute Gasteiger partial charge is 0.357 e. The molecule has 1 saturated carbocycles. The Balaban J connectivity index is 0.00000338. The molecule has 148 valence electrons.